The van der Waals surface area contributed by atoms with E-state index in [-0.39, 0.29) is 17.8 Å². The molecule has 0 radical (unpaired) electrons. The molecule has 1 fully saturated rings. The molecule has 0 aromatic heterocycles. The van der Waals surface area contributed by atoms with Gasteiger partial charge in [0, 0.05) is 26.1 Å². The lowest BCUT2D eigenvalue weighted by atomic mass is 10.0. The van der Waals surface area contributed by atoms with Gasteiger partial charge in [0.05, 0.1) is 19.3 Å². The Morgan fingerprint density at radius 1 is 1.11 bits per heavy atom. The summed E-state index contributed by atoms with van der Waals surface area (Å²) in [5.74, 6) is -0.237. The molecule has 3 rings (SSSR count). The van der Waals surface area contributed by atoms with Crippen LogP contribution in [0.2, 0.25) is 0 Å². The van der Waals surface area contributed by atoms with E-state index in [4.69, 9.17) is 4.74 Å². The molecule has 5 heteroatoms. The normalized spacial score (nSPS) is 16.1. The highest BCUT2D eigenvalue weighted by atomic mass is 19.1. The van der Waals surface area contributed by atoms with Gasteiger partial charge in [-0.05, 0) is 36.6 Å². The van der Waals surface area contributed by atoms with E-state index in [9.17, 15) is 9.18 Å². The maximum absolute atomic E-state index is 13.0. The quantitative estimate of drug-likeness (QED) is 0.813. The lowest BCUT2D eigenvalue weighted by Gasteiger charge is -2.35. The van der Waals surface area contributed by atoms with Gasteiger partial charge in [-0.25, -0.2) is 4.39 Å². The van der Waals surface area contributed by atoms with Gasteiger partial charge in [-0.1, -0.05) is 42.0 Å². The molecule has 4 nitrogen and oxygen atoms in total. The van der Waals surface area contributed by atoms with E-state index in [0.717, 1.165) is 31.9 Å². The summed E-state index contributed by atoms with van der Waals surface area (Å²) < 4.78 is 18.4. The van der Waals surface area contributed by atoms with Gasteiger partial charge in [0.25, 0.3) is 0 Å². The van der Waals surface area contributed by atoms with Crippen LogP contribution in [0.4, 0.5) is 4.39 Å². The minimum atomic E-state index is -0.255. The summed E-state index contributed by atoms with van der Waals surface area (Å²) in [5.41, 5.74) is 3.40. The predicted octanol–water partition coefficient (Wildman–Crippen LogP) is 3.26. The first kappa shape index (κ1) is 19.5. The van der Waals surface area contributed by atoms with Crippen LogP contribution in [0.5, 0.6) is 0 Å². The first-order chi connectivity index (χ1) is 13.1. The first-order valence-corrected chi connectivity index (χ1v) is 9.51. The number of carbonyl (C=O) groups excluding carboxylic acids is 1. The fourth-order valence-electron chi connectivity index (χ4n) is 3.34. The second-order valence-corrected chi connectivity index (χ2v) is 7.01. The minimum absolute atomic E-state index is 0.0182. The smallest absolute Gasteiger partial charge is 0.220 e. The summed E-state index contributed by atoms with van der Waals surface area (Å²) >= 11 is 0. The molecule has 0 spiro atoms. The van der Waals surface area contributed by atoms with E-state index in [0.29, 0.717) is 19.4 Å². The average molecular weight is 370 g/mol. The zero-order valence-corrected chi connectivity index (χ0v) is 15.8. The monoisotopic (exact) mass is 370 g/mol. The standard InChI is InChI=1S/C22H27FN2O2/c1-17-2-7-19(8-3-17)21(25-12-14-27-15-13-25)16-24-22(26)11-6-18-4-9-20(23)10-5-18/h2-5,7-10,21H,6,11-16H2,1H3,(H,24,26). The van der Waals surface area contributed by atoms with Crippen LogP contribution in [-0.4, -0.2) is 43.7 Å². The van der Waals surface area contributed by atoms with Gasteiger partial charge in [0.2, 0.25) is 5.91 Å². The van der Waals surface area contributed by atoms with Crippen LogP contribution >= 0.6 is 0 Å². The Morgan fingerprint density at radius 3 is 2.44 bits per heavy atom. The number of amides is 1. The van der Waals surface area contributed by atoms with E-state index in [1.807, 2.05) is 0 Å². The number of benzene rings is 2. The van der Waals surface area contributed by atoms with Gasteiger partial charge in [0.15, 0.2) is 0 Å². The van der Waals surface area contributed by atoms with Crippen LogP contribution in [0.15, 0.2) is 48.5 Å². The second kappa shape index (κ2) is 9.62. The molecule has 0 aliphatic carbocycles. The average Bonchev–Trinajstić information content (AvgIpc) is 2.70. The molecule has 27 heavy (non-hydrogen) atoms. The van der Waals surface area contributed by atoms with Gasteiger partial charge in [-0.2, -0.15) is 0 Å². The molecule has 2 aromatic rings. The largest absolute Gasteiger partial charge is 0.379 e. The van der Waals surface area contributed by atoms with Gasteiger partial charge in [-0.15, -0.1) is 0 Å². The van der Waals surface area contributed by atoms with Crippen molar-refractivity contribution in [1.82, 2.24) is 10.2 Å². The Hall–Kier alpha value is -2.24. The number of morpholine rings is 1. The molecular weight excluding hydrogens is 343 g/mol. The molecule has 1 unspecified atom stereocenters. The summed E-state index contributed by atoms with van der Waals surface area (Å²) in [6, 6.07) is 15.0. The van der Waals surface area contributed by atoms with Crippen molar-refractivity contribution in [2.45, 2.75) is 25.8 Å². The number of hydrogen-bond donors (Lipinski definition) is 1. The van der Waals surface area contributed by atoms with Crippen molar-refractivity contribution in [3.8, 4) is 0 Å². The van der Waals surface area contributed by atoms with Gasteiger partial charge >= 0.3 is 0 Å². The Bertz CT molecular complexity index is 725. The van der Waals surface area contributed by atoms with E-state index >= 15 is 0 Å². The van der Waals surface area contributed by atoms with Gasteiger partial charge in [-0.3, -0.25) is 9.69 Å². The molecule has 2 aromatic carbocycles. The summed E-state index contributed by atoms with van der Waals surface area (Å²) in [4.78, 5) is 14.7. The molecule has 0 saturated carbocycles. The number of halogens is 1. The van der Waals surface area contributed by atoms with Crippen LogP contribution in [0.3, 0.4) is 0 Å². The van der Waals surface area contributed by atoms with Crippen LogP contribution in [-0.2, 0) is 16.0 Å². The molecule has 1 atom stereocenters. The van der Waals surface area contributed by atoms with E-state index in [1.54, 1.807) is 12.1 Å². The first-order valence-electron chi connectivity index (χ1n) is 9.51. The van der Waals surface area contributed by atoms with Crippen molar-refractivity contribution in [2.75, 3.05) is 32.8 Å². The number of nitrogens with one attached hydrogen (secondary N) is 1. The van der Waals surface area contributed by atoms with Crippen molar-refractivity contribution >= 4 is 5.91 Å². The predicted molar refractivity (Wildman–Crippen MR) is 104 cm³/mol. The second-order valence-electron chi connectivity index (χ2n) is 7.01. The highest BCUT2D eigenvalue weighted by Crippen LogP contribution is 2.22. The SMILES string of the molecule is Cc1ccc(C(CNC(=O)CCc2ccc(F)cc2)N2CCOCC2)cc1. The third-order valence-electron chi connectivity index (χ3n) is 5.00. The third kappa shape index (κ3) is 5.88. The third-order valence-corrected chi connectivity index (χ3v) is 5.00. The molecule has 1 aliphatic rings. The number of carbonyl (C=O) groups is 1. The Labute approximate surface area is 160 Å². The molecule has 1 aliphatic heterocycles. The van der Waals surface area contributed by atoms with Gasteiger partial charge in [0.1, 0.15) is 5.82 Å². The van der Waals surface area contributed by atoms with E-state index in [2.05, 4.69) is 41.4 Å². The van der Waals surface area contributed by atoms with E-state index < -0.39 is 0 Å². The van der Waals surface area contributed by atoms with Crippen molar-refractivity contribution in [3.05, 3.63) is 71.0 Å². The number of aryl methyl sites for hydroxylation is 2. The number of rotatable bonds is 7. The summed E-state index contributed by atoms with van der Waals surface area (Å²) in [6.07, 6.45) is 1.01. The summed E-state index contributed by atoms with van der Waals surface area (Å²) in [6.45, 7) is 5.83. The van der Waals surface area contributed by atoms with Crippen LogP contribution < -0.4 is 5.32 Å². The number of hydrogen-bond acceptors (Lipinski definition) is 3. The van der Waals surface area contributed by atoms with Crippen molar-refractivity contribution in [2.24, 2.45) is 0 Å². The minimum Gasteiger partial charge on any atom is -0.379 e. The highest BCUT2D eigenvalue weighted by Gasteiger charge is 2.23. The number of nitrogens with zero attached hydrogens (tertiary/aromatic N) is 1. The van der Waals surface area contributed by atoms with Crippen LogP contribution in [0, 0.1) is 12.7 Å². The van der Waals surface area contributed by atoms with Gasteiger partial charge < -0.3 is 10.1 Å². The zero-order valence-electron chi connectivity index (χ0n) is 15.8. The Kier molecular flexibility index (Phi) is 6.96. The maximum atomic E-state index is 13.0. The molecule has 144 valence electrons. The fraction of sp³-hybridized carbons (Fsp3) is 0.409. The van der Waals surface area contributed by atoms with Crippen molar-refractivity contribution in [3.63, 3.8) is 0 Å². The number of ether oxygens (including phenoxy) is 1. The summed E-state index contributed by atoms with van der Waals surface area (Å²) in [5, 5.41) is 3.08. The summed E-state index contributed by atoms with van der Waals surface area (Å²) in [7, 11) is 0. The molecule has 1 N–H and O–H groups in total. The zero-order chi connectivity index (χ0) is 19.1. The van der Waals surface area contributed by atoms with Crippen LogP contribution in [0.25, 0.3) is 0 Å². The fourth-order valence-corrected chi connectivity index (χ4v) is 3.34. The molecular formula is C22H27FN2O2. The maximum Gasteiger partial charge on any atom is 0.220 e. The topological polar surface area (TPSA) is 41.6 Å². The Morgan fingerprint density at radius 2 is 1.78 bits per heavy atom. The molecule has 1 saturated heterocycles. The molecule has 0 bridgehead atoms. The van der Waals surface area contributed by atoms with E-state index in [1.165, 1.54) is 23.3 Å². The lowest BCUT2D eigenvalue weighted by Crippen LogP contribution is -2.43. The Balaban J connectivity index is 1.57. The molecule has 1 amide bonds. The van der Waals surface area contributed by atoms with Crippen LogP contribution in [0.1, 0.15) is 29.2 Å². The van der Waals surface area contributed by atoms with Crippen molar-refractivity contribution in [1.29, 1.82) is 0 Å². The lowest BCUT2D eigenvalue weighted by molar-refractivity contribution is -0.121. The van der Waals surface area contributed by atoms with Crippen molar-refractivity contribution < 1.29 is 13.9 Å². The highest BCUT2D eigenvalue weighted by molar-refractivity contribution is 5.76. The molecule has 1 heterocycles.